The van der Waals surface area contributed by atoms with E-state index < -0.39 is 95.3 Å². The topological polar surface area (TPSA) is 166 Å². The summed E-state index contributed by atoms with van der Waals surface area (Å²) in [6.07, 6.45) is -5.13. The molecule has 1 saturated heterocycles. The number of aliphatic hydroxyl groups excluding tert-OH is 1. The fourth-order valence-electron chi connectivity index (χ4n) is 11.5. The second-order valence-electron chi connectivity index (χ2n) is 18.5. The Morgan fingerprint density at radius 3 is 1.90 bits per heavy atom. The van der Waals surface area contributed by atoms with Crippen LogP contribution >= 0.6 is 0 Å². The van der Waals surface area contributed by atoms with Gasteiger partial charge >= 0.3 is 17.9 Å². The van der Waals surface area contributed by atoms with Crippen LogP contribution in [0.5, 0.6) is 0 Å². The molecular weight excluding hydrogens is 769 g/mol. The van der Waals surface area contributed by atoms with Gasteiger partial charge in [-0.05, 0) is 58.8 Å². The number of rotatable bonds is 9. The maximum Gasteiger partial charge on any atom is 0.338 e. The van der Waals surface area contributed by atoms with Crippen molar-refractivity contribution in [3.05, 3.63) is 108 Å². The minimum Gasteiger partial charge on any atom is -0.458 e. The van der Waals surface area contributed by atoms with Crippen LogP contribution < -0.4 is 10.4 Å². The van der Waals surface area contributed by atoms with Gasteiger partial charge in [0.05, 0.1) is 18.1 Å². The van der Waals surface area contributed by atoms with E-state index in [1.807, 2.05) is 74.5 Å². The molecule has 11 nitrogen and oxygen atoms in total. The van der Waals surface area contributed by atoms with Crippen molar-refractivity contribution >= 4 is 42.4 Å². The number of Topliss-reactive ketones (excluding diaryl/α,β-unsaturated/α-hetero) is 1. The summed E-state index contributed by atoms with van der Waals surface area (Å²) in [4.78, 5) is 68.9. The maximum atomic E-state index is 15.4. The Morgan fingerprint density at radius 2 is 1.41 bits per heavy atom. The third-order valence-corrected chi connectivity index (χ3v) is 19.1. The predicted molar refractivity (Wildman–Crippen MR) is 221 cm³/mol. The molecule has 3 fully saturated rings. The molecule has 3 aromatic carbocycles. The molecule has 0 spiro atoms. The quantitative estimate of drug-likeness (QED) is 0.154. The highest BCUT2D eigenvalue weighted by Gasteiger charge is 2.78. The lowest BCUT2D eigenvalue weighted by molar-refractivity contribution is -0.353. The van der Waals surface area contributed by atoms with Crippen molar-refractivity contribution in [3.8, 4) is 0 Å². The zero-order chi connectivity index (χ0) is 42.9. The van der Waals surface area contributed by atoms with Crippen LogP contribution in [0.15, 0.2) is 102 Å². The number of carbonyl (C=O) groups is 4. The first kappa shape index (κ1) is 42.7. The number of fused-ring (bicyclic) bond motifs is 5. The first-order valence-corrected chi connectivity index (χ1v) is 22.3. The van der Waals surface area contributed by atoms with E-state index in [1.54, 1.807) is 58.0 Å². The van der Waals surface area contributed by atoms with Gasteiger partial charge in [-0.2, -0.15) is 0 Å². The monoisotopic (exact) mass is 824 g/mol. The van der Waals surface area contributed by atoms with Gasteiger partial charge < -0.3 is 34.0 Å². The van der Waals surface area contributed by atoms with Crippen molar-refractivity contribution in [2.24, 2.45) is 22.7 Å². The van der Waals surface area contributed by atoms with E-state index in [1.165, 1.54) is 13.8 Å². The molecule has 1 heterocycles. The summed E-state index contributed by atoms with van der Waals surface area (Å²) >= 11 is 0. The molecule has 4 aliphatic rings. The molecule has 1 aliphatic heterocycles. The summed E-state index contributed by atoms with van der Waals surface area (Å²) in [5, 5.41) is 27.3. The van der Waals surface area contributed by atoms with Crippen molar-refractivity contribution in [3.63, 3.8) is 0 Å². The Labute approximate surface area is 346 Å². The molecule has 0 unspecified atom stereocenters. The number of hydrogen-bond donors (Lipinski definition) is 3. The van der Waals surface area contributed by atoms with E-state index in [0.29, 0.717) is 5.57 Å². The Kier molecular flexibility index (Phi) is 10.8. The fourth-order valence-corrected chi connectivity index (χ4v) is 15.3. The Bertz CT molecular complexity index is 2110. The largest absolute Gasteiger partial charge is 0.458 e. The number of aliphatic hydroxyl groups is 2. The Balaban J connectivity index is 1.50. The standard InChI is InChI=1S/C47H56O11Si/c1-28-35(56-29(2)48)26-47(53)41(57-42(52)31-18-12-9-13-19-31)39-45(8,40(51)38(50)37(28)44(47,6)7)32(24-36-46(39,27-55-36)58-30(3)49)25-43(4,5)59(54,33-20-14-10-15-21-33)34-22-16-11-17-23-34/h9-23,32,35-36,39-41,51,53-54H,24-27H2,1-8H3/t32-,35+,36-,39+,40+,41+,45-,46+,47-/m1/s1. The molecule has 2 bridgehead atoms. The Morgan fingerprint density at radius 1 is 0.864 bits per heavy atom. The molecule has 3 aromatic rings. The lowest BCUT2D eigenvalue weighted by atomic mass is 9.42. The molecule has 3 N–H and O–H groups in total. The molecule has 7 rings (SSSR count). The van der Waals surface area contributed by atoms with Crippen molar-refractivity contribution in [1.29, 1.82) is 0 Å². The minimum absolute atomic E-state index is 0.0661. The molecule has 12 heteroatoms. The number of benzene rings is 3. The van der Waals surface area contributed by atoms with E-state index in [2.05, 4.69) is 0 Å². The van der Waals surface area contributed by atoms with Crippen LogP contribution in [0.25, 0.3) is 0 Å². The summed E-state index contributed by atoms with van der Waals surface area (Å²) in [6.45, 7) is 13.1. The van der Waals surface area contributed by atoms with Crippen LogP contribution in [0, 0.1) is 22.7 Å². The molecule has 0 aromatic heterocycles. The van der Waals surface area contributed by atoms with Crippen molar-refractivity contribution in [2.45, 2.75) is 115 Å². The molecule has 2 saturated carbocycles. The number of ether oxygens (including phenoxy) is 4. The van der Waals surface area contributed by atoms with E-state index in [-0.39, 0.29) is 37.0 Å². The van der Waals surface area contributed by atoms with Crippen LogP contribution in [0.1, 0.15) is 85.0 Å². The third-order valence-electron chi connectivity index (χ3n) is 14.6. The summed E-state index contributed by atoms with van der Waals surface area (Å²) in [7, 11) is -3.70. The van der Waals surface area contributed by atoms with E-state index >= 15 is 4.79 Å². The highest BCUT2D eigenvalue weighted by Crippen LogP contribution is 2.67. The number of esters is 3. The summed E-state index contributed by atoms with van der Waals surface area (Å²) < 4.78 is 25.0. The van der Waals surface area contributed by atoms with E-state index in [9.17, 15) is 29.4 Å². The van der Waals surface area contributed by atoms with Gasteiger partial charge in [0, 0.05) is 36.7 Å². The van der Waals surface area contributed by atoms with Gasteiger partial charge in [0.25, 0.3) is 8.32 Å². The first-order valence-electron chi connectivity index (χ1n) is 20.4. The first-order chi connectivity index (χ1) is 27.7. The van der Waals surface area contributed by atoms with Gasteiger partial charge in [0.1, 0.15) is 30.0 Å². The molecule has 9 atom stereocenters. The average Bonchev–Trinajstić information content (AvgIpc) is 3.19. The second-order valence-corrected chi connectivity index (χ2v) is 22.5. The van der Waals surface area contributed by atoms with Crippen LogP contribution in [-0.2, 0) is 33.3 Å². The van der Waals surface area contributed by atoms with Crippen LogP contribution in [0.3, 0.4) is 0 Å². The summed E-state index contributed by atoms with van der Waals surface area (Å²) in [5.74, 6) is -4.69. The van der Waals surface area contributed by atoms with Crippen molar-refractivity contribution in [2.75, 3.05) is 6.61 Å². The Hall–Kier alpha value is -4.46. The fraction of sp³-hybridized carbons (Fsp3) is 0.489. The van der Waals surface area contributed by atoms with E-state index in [0.717, 1.165) is 10.4 Å². The SMILES string of the molecule is CC(=O)O[C@H]1C[C@@]2(O)[C@@H](OC(=O)c3ccccc3)[C@@H]3[C@]4(OC(C)=O)CO[C@@H]4C[C@H](CC(C)(C)[Si](O)(c4ccccc4)c4ccccc4)[C@@]3(C)[C@@H](O)C(=O)C(=C1C)C2(C)C. The smallest absolute Gasteiger partial charge is 0.338 e. The lowest BCUT2D eigenvalue weighted by Gasteiger charge is -2.69. The van der Waals surface area contributed by atoms with Gasteiger partial charge in [0.15, 0.2) is 11.4 Å². The van der Waals surface area contributed by atoms with Gasteiger partial charge in [-0.3, -0.25) is 14.4 Å². The van der Waals surface area contributed by atoms with Gasteiger partial charge in [-0.25, -0.2) is 4.79 Å². The van der Waals surface area contributed by atoms with Gasteiger partial charge in [-0.15, -0.1) is 0 Å². The molecule has 0 amide bonds. The third kappa shape index (κ3) is 6.44. The highest BCUT2D eigenvalue weighted by molar-refractivity contribution is 6.98. The number of carbonyl (C=O) groups excluding carboxylic acids is 4. The molecular formula is C47H56O11Si. The summed E-state index contributed by atoms with van der Waals surface area (Å²) in [6, 6.07) is 27.3. The maximum absolute atomic E-state index is 15.4. The van der Waals surface area contributed by atoms with Crippen LogP contribution in [-0.4, -0.2) is 89.2 Å². The van der Waals surface area contributed by atoms with Crippen molar-refractivity contribution < 1.29 is 53.1 Å². The van der Waals surface area contributed by atoms with E-state index in [4.69, 9.17) is 18.9 Å². The summed E-state index contributed by atoms with van der Waals surface area (Å²) in [5.41, 5.74) is -6.21. The number of hydrogen-bond acceptors (Lipinski definition) is 11. The predicted octanol–water partition coefficient (Wildman–Crippen LogP) is 4.83. The van der Waals surface area contributed by atoms with Crippen LogP contribution in [0.4, 0.5) is 0 Å². The van der Waals surface area contributed by atoms with Crippen LogP contribution in [0.2, 0.25) is 5.04 Å². The molecule has 314 valence electrons. The average molecular weight is 825 g/mol. The molecule has 0 radical (unpaired) electrons. The minimum atomic E-state index is -3.70. The van der Waals surface area contributed by atoms with Gasteiger partial charge in [-0.1, -0.05) is 113 Å². The molecule has 3 aliphatic carbocycles. The number of ketones is 1. The van der Waals surface area contributed by atoms with Gasteiger partial charge in [0.2, 0.25) is 0 Å². The zero-order valence-electron chi connectivity index (χ0n) is 35.1. The van der Waals surface area contributed by atoms with Crippen molar-refractivity contribution in [1.82, 2.24) is 0 Å². The molecule has 59 heavy (non-hydrogen) atoms. The lowest BCUT2D eigenvalue weighted by Crippen LogP contribution is -2.81. The normalized spacial score (nSPS) is 32.6. The zero-order valence-corrected chi connectivity index (χ0v) is 36.1. The second kappa shape index (κ2) is 14.9. The highest BCUT2D eigenvalue weighted by atomic mass is 28.4.